The summed E-state index contributed by atoms with van der Waals surface area (Å²) < 4.78 is 10.9. The van der Waals surface area contributed by atoms with E-state index < -0.39 is 0 Å². The molecule has 0 saturated heterocycles. The summed E-state index contributed by atoms with van der Waals surface area (Å²) in [6, 6.07) is 8.00. The third kappa shape index (κ3) is 3.54. The van der Waals surface area contributed by atoms with Crippen molar-refractivity contribution >= 4 is 0 Å². The van der Waals surface area contributed by atoms with Gasteiger partial charge in [0.05, 0.1) is 12.5 Å². The van der Waals surface area contributed by atoms with E-state index in [1.54, 1.807) is 6.92 Å². The number of benzene rings is 1. The van der Waals surface area contributed by atoms with Gasteiger partial charge in [-0.2, -0.15) is 0 Å². The largest absolute Gasteiger partial charge is 0.494 e. The van der Waals surface area contributed by atoms with Crippen LogP contribution in [0.2, 0.25) is 0 Å². The maximum atomic E-state index is 5.80. The molecule has 102 valence electrons. The highest BCUT2D eigenvalue weighted by atomic mass is 16.5. The first kappa shape index (κ1) is 13.5. The summed E-state index contributed by atoms with van der Waals surface area (Å²) in [4.78, 5) is 0. The van der Waals surface area contributed by atoms with Gasteiger partial charge in [-0.15, -0.1) is 10.2 Å². The molecule has 2 aromatic rings. The Balaban J connectivity index is 2.11. The maximum Gasteiger partial charge on any atom is 0.221 e. The third-order valence-corrected chi connectivity index (χ3v) is 2.87. The topological polar surface area (TPSA) is 74.2 Å². The molecule has 1 heterocycles. The molecule has 2 N–H and O–H groups in total. The molecule has 5 heteroatoms. The van der Waals surface area contributed by atoms with E-state index in [2.05, 4.69) is 16.3 Å². The molecule has 1 atom stereocenters. The summed E-state index contributed by atoms with van der Waals surface area (Å²) in [5.74, 6) is 2.08. The van der Waals surface area contributed by atoms with Gasteiger partial charge in [-0.3, -0.25) is 0 Å². The lowest BCUT2D eigenvalue weighted by atomic mass is 9.99. The van der Waals surface area contributed by atoms with Crippen molar-refractivity contribution in [1.29, 1.82) is 0 Å². The van der Waals surface area contributed by atoms with Crippen LogP contribution in [0, 0.1) is 6.92 Å². The molecule has 0 bridgehead atoms. The molecule has 5 nitrogen and oxygen atoms in total. The summed E-state index contributed by atoms with van der Waals surface area (Å²) >= 11 is 0. The average Bonchev–Trinajstić information content (AvgIpc) is 2.83. The Hall–Kier alpha value is -1.88. The predicted octanol–water partition coefficient (Wildman–Crippen LogP) is 2.06. The minimum absolute atomic E-state index is 0.0399. The molecular weight excluding hydrogens is 242 g/mol. The smallest absolute Gasteiger partial charge is 0.221 e. The lowest BCUT2D eigenvalue weighted by molar-refractivity contribution is 0.339. The second-order valence-electron chi connectivity index (χ2n) is 4.38. The number of hydrogen-bond donors (Lipinski definition) is 1. The molecule has 0 radical (unpaired) electrons. The molecule has 0 fully saturated rings. The van der Waals surface area contributed by atoms with Gasteiger partial charge in [0.15, 0.2) is 0 Å². The van der Waals surface area contributed by atoms with Crippen molar-refractivity contribution in [2.24, 2.45) is 5.73 Å². The van der Waals surface area contributed by atoms with Gasteiger partial charge < -0.3 is 14.9 Å². The zero-order chi connectivity index (χ0) is 13.7. The van der Waals surface area contributed by atoms with Gasteiger partial charge >= 0.3 is 0 Å². The number of rotatable bonds is 6. The second-order valence-corrected chi connectivity index (χ2v) is 4.38. The van der Waals surface area contributed by atoms with E-state index in [4.69, 9.17) is 14.9 Å². The highest BCUT2D eigenvalue weighted by Gasteiger charge is 2.17. The van der Waals surface area contributed by atoms with Gasteiger partial charge in [-0.05, 0) is 31.0 Å². The van der Waals surface area contributed by atoms with E-state index in [1.165, 1.54) is 0 Å². The van der Waals surface area contributed by atoms with Crippen LogP contribution in [0.15, 0.2) is 28.7 Å². The summed E-state index contributed by atoms with van der Waals surface area (Å²) in [5.41, 5.74) is 6.95. The molecule has 0 amide bonds. The summed E-state index contributed by atoms with van der Waals surface area (Å²) in [5, 5.41) is 7.89. The Labute approximate surface area is 112 Å². The molecule has 19 heavy (non-hydrogen) atoms. The molecule has 2 rings (SSSR count). The Morgan fingerprint density at radius 3 is 2.84 bits per heavy atom. The number of aromatic nitrogens is 2. The summed E-state index contributed by atoms with van der Waals surface area (Å²) in [7, 11) is 0. The Morgan fingerprint density at radius 1 is 1.37 bits per heavy atom. The number of nitrogens with two attached hydrogens (primary N) is 1. The lowest BCUT2D eigenvalue weighted by Gasteiger charge is -2.11. The van der Waals surface area contributed by atoms with E-state index in [1.807, 2.05) is 25.1 Å². The average molecular weight is 261 g/mol. The highest BCUT2D eigenvalue weighted by molar-refractivity contribution is 5.29. The van der Waals surface area contributed by atoms with Crippen LogP contribution >= 0.6 is 0 Å². The number of aryl methyl sites for hydroxylation is 1. The first-order chi connectivity index (χ1) is 9.22. The maximum absolute atomic E-state index is 5.80. The van der Waals surface area contributed by atoms with Crippen LogP contribution in [-0.2, 0) is 6.42 Å². The SMILES string of the molecule is CCOc1cccc(CC(CN)c2nnc(C)o2)c1. The van der Waals surface area contributed by atoms with E-state index in [0.717, 1.165) is 17.7 Å². The fourth-order valence-corrected chi connectivity index (χ4v) is 1.96. The molecule has 0 saturated carbocycles. The van der Waals surface area contributed by atoms with E-state index >= 15 is 0 Å². The minimum atomic E-state index is 0.0399. The summed E-state index contributed by atoms with van der Waals surface area (Å²) in [6.07, 6.45) is 0.763. The zero-order valence-corrected chi connectivity index (χ0v) is 11.3. The fraction of sp³-hybridized carbons (Fsp3) is 0.429. The molecule has 1 aromatic heterocycles. The van der Waals surface area contributed by atoms with Crippen molar-refractivity contribution in [3.8, 4) is 5.75 Å². The van der Waals surface area contributed by atoms with Crippen LogP contribution in [0.25, 0.3) is 0 Å². The lowest BCUT2D eigenvalue weighted by Crippen LogP contribution is -2.15. The predicted molar refractivity (Wildman–Crippen MR) is 72.1 cm³/mol. The number of hydrogen-bond acceptors (Lipinski definition) is 5. The Kier molecular flexibility index (Phi) is 4.52. The van der Waals surface area contributed by atoms with Gasteiger partial charge in [0.1, 0.15) is 5.75 Å². The minimum Gasteiger partial charge on any atom is -0.494 e. The van der Waals surface area contributed by atoms with Crippen molar-refractivity contribution in [3.63, 3.8) is 0 Å². The van der Waals surface area contributed by atoms with Gasteiger partial charge in [0, 0.05) is 13.5 Å². The van der Waals surface area contributed by atoms with Crippen LogP contribution in [0.5, 0.6) is 5.75 Å². The normalized spacial score (nSPS) is 12.4. The zero-order valence-electron chi connectivity index (χ0n) is 11.3. The van der Waals surface area contributed by atoms with Crippen LogP contribution in [-0.4, -0.2) is 23.3 Å². The first-order valence-electron chi connectivity index (χ1n) is 6.44. The fourth-order valence-electron chi connectivity index (χ4n) is 1.96. The molecule has 0 aliphatic carbocycles. The monoisotopic (exact) mass is 261 g/mol. The van der Waals surface area contributed by atoms with E-state index in [-0.39, 0.29) is 5.92 Å². The van der Waals surface area contributed by atoms with Crippen LogP contribution in [0.1, 0.15) is 30.2 Å². The van der Waals surface area contributed by atoms with Gasteiger partial charge in [0.2, 0.25) is 11.8 Å². The third-order valence-electron chi connectivity index (χ3n) is 2.87. The molecule has 0 aliphatic rings. The van der Waals surface area contributed by atoms with Crippen LogP contribution < -0.4 is 10.5 Å². The van der Waals surface area contributed by atoms with Crippen LogP contribution in [0.3, 0.4) is 0 Å². The van der Waals surface area contributed by atoms with E-state index in [9.17, 15) is 0 Å². The van der Waals surface area contributed by atoms with Crippen molar-refractivity contribution in [2.45, 2.75) is 26.2 Å². The van der Waals surface area contributed by atoms with Crippen molar-refractivity contribution < 1.29 is 9.15 Å². The molecular formula is C14H19N3O2. The standard InChI is InChI=1S/C14H19N3O2/c1-3-18-13-6-4-5-11(8-13)7-12(9-15)14-17-16-10(2)19-14/h4-6,8,12H,3,7,9,15H2,1-2H3. The Bertz CT molecular complexity index is 525. The van der Waals surface area contributed by atoms with Crippen LogP contribution in [0.4, 0.5) is 0 Å². The number of ether oxygens (including phenoxy) is 1. The van der Waals surface area contributed by atoms with Crippen molar-refractivity contribution in [1.82, 2.24) is 10.2 Å². The van der Waals surface area contributed by atoms with Crippen molar-refractivity contribution in [2.75, 3.05) is 13.2 Å². The number of nitrogens with zero attached hydrogens (tertiary/aromatic N) is 2. The molecule has 1 aromatic carbocycles. The molecule has 0 aliphatic heterocycles. The summed E-state index contributed by atoms with van der Waals surface area (Å²) in [6.45, 7) is 4.88. The van der Waals surface area contributed by atoms with Gasteiger partial charge in [-0.1, -0.05) is 12.1 Å². The van der Waals surface area contributed by atoms with Gasteiger partial charge in [-0.25, -0.2) is 0 Å². The Morgan fingerprint density at radius 2 is 2.21 bits per heavy atom. The highest BCUT2D eigenvalue weighted by Crippen LogP contribution is 2.21. The molecule has 0 spiro atoms. The second kappa shape index (κ2) is 6.33. The quantitative estimate of drug-likeness (QED) is 0.861. The van der Waals surface area contributed by atoms with Gasteiger partial charge in [0.25, 0.3) is 0 Å². The molecule has 1 unspecified atom stereocenters. The van der Waals surface area contributed by atoms with Crippen molar-refractivity contribution in [3.05, 3.63) is 41.6 Å². The van der Waals surface area contributed by atoms with E-state index in [0.29, 0.717) is 24.9 Å². The first-order valence-corrected chi connectivity index (χ1v) is 6.44.